The van der Waals surface area contributed by atoms with Gasteiger partial charge in [0, 0.05) is 42.5 Å². The van der Waals surface area contributed by atoms with Crippen molar-refractivity contribution in [3.63, 3.8) is 0 Å². The van der Waals surface area contributed by atoms with Gasteiger partial charge in [0.2, 0.25) is 5.91 Å². The smallest absolute Gasteiger partial charge is 0.393 e. The first-order chi connectivity index (χ1) is 19.3. The molecule has 1 N–H and O–H groups in total. The van der Waals surface area contributed by atoms with Crippen molar-refractivity contribution in [2.45, 2.75) is 57.0 Å². The summed E-state index contributed by atoms with van der Waals surface area (Å²) in [5.41, 5.74) is 2.94. The van der Waals surface area contributed by atoms with E-state index in [0.717, 1.165) is 38.0 Å². The molecular formula is C31H38F3N3O3. The average molecular weight is 558 g/mol. The van der Waals surface area contributed by atoms with Crippen molar-refractivity contribution < 1.29 is 27.4 Å². The molecule has 0 radical (unpaired) electrons. The van der Waals surface area contributed by atoms with Gasteiger partial charge in [0.1, 0.15) is 0 Å². The number of methoxy groups -OCH3 is 2. The number of H-pyrrole nitrogens is 1. The average Bonchev–Trinajstić information content (AvgIpc) is 3.32. The Hall–Kier alpha value is -3.20. The molecule has 5 rings (SSSR count). The van der Waals surface area contributed by atoms with Gasteiger partial charge in [-0.25, -0.2) is 0 Å². The molecule has 1 aromatic heterocycles. The summed E-state index contributed by atoms with van der Waals surface area (Å²) in [6, 6.07) is 10.9. The number of benzene rings is 2. The zero-order valence-electron chi connectivity index (χ0n) is 23.3. The highest BCUT2D eigenvalue weighted by atomic mass is 19.4. The van der Waals surface area contributed by atoms with Crippen LogP contribution in [0.2, 0.25) is 0 Å². The molecule has 2 aliphatic heterocycles. The van der Waals surface area contributed by atoms with Crippen molar-refractivity contribution in [1.29, 1.82) is 0 Å². The first-order valence-electron chi connectivity index (χ1n) is 14.2. The molecular weight excluding hydrogens is 519 g/mol. The summed E-state index contributed by atoms with van der Waals surface area (Å²) in [6.45, 7) is 4.36. The van der Waals surface area contributed by atoms with Crippen LogP contribution in [-0.4, -0.2) is 73.8 Å². The van der Waals surface area contributed by atoms with Crippen LogP contribution in [-0.2, 0) is 11.2 Å². The molecule has 216 valence electrons. The number of aromatic nitrogens is 1. The summed E-state index contributed by atoms with van der Waals surface area (Å²) in [5, 5.41) is 0.583. The Labute approximate surface area is 233 Å². The molecule has 9 heteroatoms. The van der Waals surface area contributed by atoms with E-state index in [0.29, 0.717) is 53.2 Å². The van der Waals surface area contributed by atoms with Gasteiger partial charge in [0.05, 0.1) is 26.3 Å². The summed E-state index contributed by atoms with van der Waals surface area (Å²) in [7, 11) is 3.02. The molecule has 2 aromatic carbocycles. The lowest BCUT2D eigenvalue weighted by molar-refractivity contribution is -0.132. The third-order valence-electron chi connectivity index (χ3n) is 8.39. The van der Waals surface area contributed by atoms with E-state index < -0.39 is 12.6 Å². The second-order valence-electron chi connectivity index (χ2n) is 11.0. The highest BCUT2D eigenvalue weighted by molar-refractivity contribution is 5.92. The Bertz CT molecular complexity index is 1320. The minimum atomic E-state index is -4.36. The van der Waals surface area contributed by atoms with E-state index in [1.54, 1.807) is 18.2 Å². The van der Waals surface area contributed by atoms with E-state index in [1.165, 1.54) is 33.5 Å². The molecule has 3 aromatic rings. The van der Waals surface area contributed by atoms with Gasteiger partial charge >= 0.3 is 6.18 Å². The maximum atomic E-state index is 13.8. The molecule has 0 atom stereocenters. The maximum Gasteiger partial charge on any atom is 0.393 e. The van der Waals surface area contributed by atoms with Crippen LogP contribution >= 0.6 is 0 Å². The van der Waals surface area contributed by atoms with Crippen molar-refractivity contribution in [3.05, 3.63) is 47.5 Å². The summed E-state index contributed by atoms with van der Waals surface area (Å²) in [5.74, 6) is 1.37. The number of ether oxygens (including phenoxy) is 2. The molecule has 1 amide bonds. The number of carbonyl (C=O) groups excluding carboxylic acids is 1. The van der Waals surface area contributed by atoms with Crippen LogP contribution in [0.25, 0.3) is 22.2 Å². The summed E-state index contributed by atoms with van der Waals surface area (Å²) in [4.78, 5) is 20.4. The molecule has 3 heterocycles. The Balaban J connectivity index is 1.34. The highest BCUT2D eigenvalue weighted by Crippen LogP contribution is 2.40. The predicted molar refractivity (Wildman–Crippen MR) is 150 cm³/mol. The fraction of sp³-hybridized carbons (Fsp3) is 0.516. The van der Waals surface area contributed by atoms with E-state index in [-0.39, 0.29) is 17.4 Å². The van der Waals surface area contributed by atoms with Crippen LogP contribution in [0, 0.1) is 0 Å². The number of carbonyl (C=O) groups is 1. The standard InChI is InChI=1S/C31H38F3N3O3/c1-39-27-9-7-23(19-28(27)40-2)30-25(20-31(32,33)34)24-18-22(6-8-26(24)35-30)21-10-16-37(17-11-21)29(38)12-15-36-13-4-3-5-14-36/h6-9,18-19,21,35H,3-5,10-17,20H2,1-2H3. The SMILES string of the molecule is COc1ccc(-c2[nH]c3ccc(C4CCN(C(=O)CCN5CCCCC5)CC4)cc3c2CC(F)(F)F)cc1OC. The normalized spacial score (nSPS) is 17.4. The molecule has 6 nitrogen and oxygen atoms in total. The van der Waals surface area contributed by atoms with E-state index >= 15 is 0 Å². The minimum Gasteiger partial charge on any atom is -0.493 e. The third kappa shape index (κ3) is 6.40. The van der Waals surface area contributed by atoms with E-state index in [1.807, 2.05) is 23.1 Å². The fourth-order valence-electron chi connectivity index (χ4n) is 6.20. The zero-order valence-corrected chi connectivity index (χ0v) is 23.3. The van der Waals surface area contributed by atoms with Gasteiger partial charge in [-0.15, -0.1) is 0 Å². The predicted octanol–water partition coefficient (Wildman–Crippen LogP) is 6.54. The number of rotatable bonds is 8. The number of fused-ring (bicyclic) bond motifs is 1. The summed E-state index contributed by atoms with van der Waals surface area (Å²) >= 11 is 0. The Kier molecular flexibility index (Phi) is 8.59. The van der Waals surface area contributed by atoms with E-state index in [9.17, 15) is 18.0 Å². The molecule has 0 saturated carbocycles. The van der Waals surface area contributed by atoms with Crippen LogP contribution in [0.1, 0.15) is 55.6 Å². The second kappa shape index (κ2) is 12.1. The van der Waals surface area contributed by atoms with Crippen LogP contribution in [0.15, 0.2) is 36.4 Å². The molecule has 2 saturated heterocycles. The molecule has 0 spiro atoms. The highest BCUT2D eigenvalue weighted by Gasteiger charge is 2.32. The number of nitrogens with zero attached hydrogens (tertiary/aromatic N) is 2. The molecule has 40 heavy (non-hydrogen) atoms. The van der Waals surface area contributed by atoms with Gasteiger partial charge in [0.15, 0.2) is 11.5 Å². The molecule has 0 unspecified atom stereocenters. The number of hydrogen-bond donors (Lipinski definition) is 1. The van der Waals surface area contributed by atoms with Gasteiger partial charge < -0.3 is 24.3 Å². The number of piperidine rings is 2. The first kappa shape index (κ1) is 28.3. The Morgan fingerprint density at radius 3 is 2.35 bits per heavy atom. The second-order valence-corrected chi connectivity index (χ2v) is 11.0. The molecule has 2 fully saturated rings. The van der Waals surface area contributed by atoms with Gasteiger partial charge in [-0.05, 0) is 86.1 Å². The Morgan fingerprint density at radius 2 is 1.68 bits per heavy atom. The van der Waals surface area contributed by atoms with E-state index in [4.69, 9.17) is 9.47 Å². The fourth-order valence-corrected chi connectivity index (χ4v) is 6.20. The van der Waals surface area contributed by atoms with Crippen LogP contribution in [0.5, 0.6) is 11.5 Å². The number of halogens is 3. The number of hydrogen-bond acceptors (Lipinski definition) is 4. The summed E-state index contributed by atoms with van der Waals surface area (Å²) in [6.07, 6.45) is 0.476. The van der Waals surface area contributed by atoms with Crippen molar-refractivity contribution in [3.8, 4) is 22.8 Å². The topological polar surface area (TPSA) is 57.8 Å². The maximum absolute atomic E-state index is 13.8. The number of amides is 1. The number of alkyl halides is 3. The van der Waals surface area contributed by atoms with Gasteiger partial charge in [-0.1, -0.05) is 12.5 Å². The minimum absolute atomic E-state index is 0.203. The van der Waals surface area contributed by atoms with Crippen molar-refractivity contribution >= 4 is 16.8 Å². The third-order valence-corrected chi connectivity index (χ3v) is 8.39. The zero-order chi connectivity index (χ0) is 28.3. The lowest BCUT2D eigenvalue weighted by atomic mass is 9.88. The number of likely N-dealkylation sites (tertiary alicyclic amines) is 2. The van der Waals surface area contributed by atoms with Crippen LogP contribution in [0.3, 0.4) is 0 Å². The van der Waals surface area contributed by atoms with Crippen molar-refractivity contribution in [2.75, 3.05) is 46.9 Å². The number of aromatic amines is 1. The van der Waals surface area contributed by atoms with Crippen LogP contribution < -0.4 is 9.47 Å². The quantitative estimate of drug-likeness (QED) is 0.342. The van der Waals surface area contributed by atoms with E-state index in [2.05, 4.69) is 9.88 Å². The van der Waals surface area contributed by atoms with Crippen LogP contribution in [0.4, 0.5) is 13.2 Å². The largest absolute Gasteiger partial charge is 0.493 e. The lowest BCUT2D eigenvalue weighted by Gasteiger charge is -2.33. The summed E-state index contributed by atoms with van der Waals surface area (Å²) < 4.78 is 52.0. The monoisotopic (exact) mass is 557 g/mol. The van der Waals surface area contributed by atoms with Crippen molar-refractivity contribution in [1.82, 2.24) is 14.8 Å². The van der Waals surface area contributed by atoms with Crippen molar-refractivity contribution in [2.24, 2.45) is 0 Å². The van der Waals surface area contributed by atoms with Gasteiger partial charge in [-0.3, -0.25) is 4.79 Å². The van der Waals surface area contributed by atoms with Gasteiger partial charge in [0.25, 0.3) is 0 Å². The number of nitrogens with one attached hydrogen (secondary N) is 1. The molecule has 2 aliphatic rings. The molecule has 0 aliphatic carbocycles. The molecule has 0 bridgehead atoms. The van der Waals surface area contributed by atoms with Gasteiger partial charge in [-0.2, -0.15) is 13.2 Å². The first-order valence-corrected chi connectivity index (χ1v) is 14.2. The lowest BCUT2D eigenvalue weighted by Crippen LogP contribution is -2.40. The Morgan fingerprint density at radius 1 is 0.950 bits per heavy atom.